The van der Waals surface area contributed by atoms with E-state index in [9.17, 15) is 14.4 Å². The smallest absolute Gasteiger partial charge is 0.321 e. The normalized spacial score (nSPS) is 16.1. The minimum absolute atomic E-state index is 0.0842. The standard InChI is InChI=1S/C30H33N5O5/c1-39-24-12-8-9-22(19-24)31-27(36)20-34-21-35(23-10-4-3-5-11-23)30(28(34)37)15-17-33(18-16-30)29(38)32-25-13-6-7-14-26(25)40-2/h3-14,19H,15-18,20-21H2,1-2H3,(H,31,36)(H,32,38). The second-order valence-electron chi connectivity index (χ2n) is 9.84. The molecule has 0 saturated carbocycles. The highest BCUT2D eigenvalue weighted by molar-refractivity contribution is 5.99. The fourth-order valence-electron chi connectivity index (χ4n) is 5.42. The number of benzene rings is 3. The highest BCUT2D eigenvalue weighted by atomic mass is 16.5. The molecule has 5 rings (SSSR count). The van der Waals surface area contributed by atoms with Crippen molar-refractivity contribution in [3.8, 4) is 11.5 Å². The monoisotopic (exact) mass is 543 g/mol. The molecule has 2 aliphatic heterocycles. The van der Waals surface area contributed by atoms with Gasteiger partial charge in [0.05, 0.1) is 26.6 Å². The van der Waals surface area contributed by atoms with Crippen molar-refractivity contribution in [2.45, 2.75) is 18.4 Å². The lowest BCUT2D eigenvalue weighted by molar-refractivity contribution is -0.136. The van der Waals surface area contributed by atoms with Gasteiger partial charge in [0, 0.05) is 30.5 Å². The third kappa shape index (κ3) is 5.38. The van der Waals surface area contributed by atoms with Crippen LogP contribution in [0.1, 0.15) is 12.8 Å². The van der Waals surface area contributed by atoms with Crippen molar-refractivity contribution in [1.82, 2.24) is 9.80 Å². The van der Waals surface area contributed by atoms with Crippen molar-refractivity contribution in [3.05, 3.63) is 78.9 Å². The predicted molar refractivity (Wildman–Crippen MR) is 153 cm³/mol. The maximum Gasteiger partial charge on any atom is 0.321 e. The van der Waals surface area contributed by atoms with Crippen LogP contribution in [0.4, 0.5) is 21.9 Å². The number of hydrogen-bond acceptors (Lipinski definition) is 6. The number of nitrogens with one attached hydrogen (secondary N) is 2. The molecule has 0 radical (unpaired) electrons. The van der Waals surface area contributed by atoms with E-state index in [4.69, 9.17) is 9.47 Å². The lowest BCUT2D eigenvalue weighted by Crippen LogP contribution is -2.58. The lowest BCUT2D eigenvalue weighted by atomic mass is 9.85. The topological polar surface area (TPSA) is 103 Å². The highest BCUT2D eigenvalue weighted by Gasteiger charge is 2.54. The number of rotatable bonds is 7. The quantitative estimate of drug-likeness (QED) is 0.467. The summed E-state index contributed by atoms with van der Waals surface area (Å²) in [5.74, 6) is 0.807. The number of nitrogens with zero attached hydrogens (tertiary/aromatic N) is 3. The summed E-state index contributed by atoms with van der Waals surface area (Å²) in [6, 6.07) is 23.8. The van der Waals surface area contributed by atoms with Crippen LogP contribution in [0.3, 0.4) is 0 Å². The molecule has 2 fully saturated rings. The molecular formula is C30H33N5O5. The van der Waals surface area contributed by atoms with Crippen LogP contribution in [0.2, 0.25) is 0 Å². The molecule has 0 bridgehead atoms. The van der Waals surface area contributed by atoms with E-state index < -0.39 is 5.54 Å². The fraction of sp³-hybridized carbons (Fsp3) is 0.300. The van der Waals surface area contributed by atoms with Gasteiger partial charge in [0.2, 0.25) is 5.91 Å². The van der Waals surface area contributed by atoms with Crippen molar-refractivity contribution < 1.29 is 23.9 Å². The lowest BCUT2D eigenvalue weighted by Gasteiger charge is -2.43. The van der Waals surface area contributed by atoms with E-state index in [1.54, 1.807) is 60.4 Å². The Morgan fingerprint density at radius 3 is 2.33 bits per heavy atom. The Balaban J connectivity index is 1.30. The average Bonchev–Trinajstić information content (AvgIpc) is 3.24. The zero-order chi connectivity index (χ0) is 28.1. The van der Waals surface area contributed by atoms with Crippen molar-refractivity contribution in [1.29, 1.82) is 0 Å². The number of carbonyl (C=O) groups excluding carboxylic acids is 3. The Morgan fingerprint density at radius 1 is 0.875 bits per heavy atom. The van der Waals surface area contributed by atoms with Crippen LogP contribution in [0.25, 0.3) is 0 Å². The Kier molecular flexibility index (Phi) is 7.77. The van der Waals surface area contributed by atoms with E-state index in [0.29, 0.717) is 48.8 Å². The number of carbonyl (C=O) groups is 3. The summed E-state index contributed by atoms with van der Waals surface area (Å²) in [5, 5.41) is 5.78. The highest BCUT2D eigenvalue weighted by Crippen LogP contribution is 2.39. The molecule has 40 heavy (non-hydrogen) atoms. The number of hydrogen-bond donors (Lipinski definition) is 2. The number of para-hydroxylation sites is 3. The Bertz CT molecular complexity index is 1370. The molecule has 10 heteroatoms. The van der Waals surface area contributed by atoms with Crippen molar-refractivity contribution >= 4 is 34.9 Å². The molecule has 10 nitrogen and oxygen atoms in total. The second kappa shape index (κ2) is 11.6. The van der Waals surface area contributed by atoms with Gasteiger partial charge in [0.25, 0.3) is 5.91 Å². The third-order valence-corrected chi connectivity index (χ3v) is 7.50. The van der Waals surface area contributed by atoms with Crippen molar-refractivity contribution in [3.63, 3.8) is 0 Å². The molecule has 1 spiro atoms. The fourth-order valence-corrected chi connectivity index (χ4v) is 5.42. The van der Waals surface area contributed by atoms with E-state index in [2.05, 4.69) is 15.5 Å². The number of urea groups is 1. The first-order valence-electron chi connectivity index (χ1n) is 13.2. The van der Waals surface area contributed by atoms with Gasteiger partial charge in [0.1, 0.15) is 23.6 Å². The molecule has 3 aromatic rings. The van der Waals surface area contributed by atoms with Gasteiger partial charge in [-0.1, -0.05) is 36.4 Å². The summed E-state index contributed by atoms with van der Waals surface area (Å²) >= 11 is 0. The minimum Gasteiger partial charge on any atom is -0.497 e. The molecule has 0 atom stereocenters. The van der Waals surface area contributed by atoms with Crippen LogP contribution in [-0.2, 0) is 9.59 Å². The Hall–Kier alpha value is -4.73. The number of likely N-dealkylation sites (tertiary alicyclic amines) is 1. The second-order valence-corrected chi connectivity index (χ2v) is 9.84. The molecule has 0 aromatic heterocycles. The van der Waals surface area contributed by atoms with Gasteiger partial charge in [-0.25, -0.2) is 4.79 Å². The molecule has 0 aliphatic carbocycles. The van der Waals surface area contributed by atoms with Crippen LogP contribution < -0.4 is 25.0 Å². The molecule has 4 amide bonds. The van der Waals surface area contributed by atoms with Crippen LogP contribution in [0.5, 0.6) is 11.5 Å². The van der Waals surface area contributed by atoms with Gasteiger partial charge < -0.3 is 34.8 Å². The van der Waals surface area contributed by atoms with Gasteiger partial charge in [-0.3, -0.25) is 9.59 Å². The first kappa shape index (κ1) is 26.9. The van der Waals surface area contributed by atoms with Gasteiger partial charge >= 0.3 is 6.03 Å². The van der Waals surface area contributed by atoms with E-state index in [0.717, 1.165) is 5.69 Å². The zero-order valence-electron chi connectivity index (χ0n) is 22.6. The number of amides is 4. The molecule has 2 aliphatic rings. The number of anilines is 3. The molecule has 0 unspecified atom stereocenters. The first-order chi connectivity index (χ1) is 19.4. The summed E-state index contributed by atoms with van der Waals surface area (Å²) in [5.41, 5.74) is 1.24. The molecule has 208 valence electrons. The number of piperidine rings is 1. The molecular weight excluding hydrogens is 510 g/mol. The van der Waals surface area contributed by atoms with Gasteiger partial charge in [0.15, 0.2) is 0 Å². The minimum atomic E-state index is -0.848. The SMILES string of the molecule is COc1cccc(NC(=O)CN2CN(c3ccccc3)C3(CCN(C(=O)Nc4ccccc4OC)CC3)C2=O)c1. The summed E-state index contributed by atoms with van der Waals surface area (Å²) in [4.78, 5) is 45.4. The van der Waals surface area contributed by atoms with Crippen LogP contribution >= 0.6 is 0 Å². The van der Waals surface area contributed by atoms with Crippen LogP contribution in [0, 0.1) is 0 Å². The van der Waals surface area contributed by atoms with E-state index in [1.165, 1.54) is 0 Å². The molecule has 3 aromatic carbocycles. The summed E-state index contributed by atoms with van der Waals surface area (Å²) in [6.45, 7) is 0.973. The number of methoxy groups -OCH3 is 2. The third-order valence-electron chi connectivity index (χ3n) is 7.50. The molecule has 2 saturated heterocycles. The van der Waals surface area contributed by atoms with Crippen molar-refractivity contribution in [2.75, 3.05) is 56.1 Å². The van der Waals surface area contributed by atoms with Crippen molar-refractivity contribution in [2.24, 2.45) is 0 Å². The summed E-state index contributed by atoms with van der Waals surface area (Å²) < 4.78 is 10.6. The van der Waals surface area contributed by atoms with Crippen LogP contribution in [0.15, 0.2) is 78.9 Å². The van der Waals surface area contributed by atoms with E-state index in [1.807, 2.05) is 42.5 Å². The molecule has 2 heterocycles. The van der Waals surface area contributed by atoms with Gasteiger partial charge in [-0.05, 0) is 49.2 Å². The molecule has 2 N–H and O–H groups in total. The van der Waals surface area contributed by atoms with Gasteiger partial charge in [-0.2, -0.15) is 0 Å². The zero-order valence-corrected chi connectivity index (χ0v) is 22.6. The van der Waals surface area contributed by atoms with E-state index >= 15 is 0 Å². The summed E-state index contributed by atoms with van der Waals surface area (Å²) in [7, 11) is 3.12. The summed E-state index contributed by atoms with van der Waals surface area (Å²) in [6.07, 6.45) is 0.877. The Labute approximate surface area is 233 Å². The predicted octanol–water partition coefficient (Wildman–Crippen LogP) is 4.02. The number of ether oxygens (including phenoxy) is 2. The maximum absolute atomic E-state index is 14.0. The largest absolute Gasteiger partial charge is 0.497 e. The Morgan fingerprint density at radius 2 is 1.60 bits per heavy atom. The maximum atomic E-state index is 14.0. The van der Waals surface area contributed by atoms with Gasteiger partial charge in [-0.15, -0.1) is 0 Å². The van der Waals surface area contributed by atoms with E-state index in [-0.39, 0.29) is 31.1 Å². The average molecular weight is 544 g/mol. The first-order valence-corrected chi connectivity index (χ1v) is 13.2. The van der Waals surface area contributed by atoms with Crippen LogP contribution in [-0.4, -0.2) is 73.7 Å².